The van der Waals surface area contributed by atoms with E-state index in [0.717, 1.165) is 24.3 Å². The van der Waals surface area contributed by atoms with Gasteiger partial charge in [0.25, 0.3) is 0 Å². The van der Waals surface area contributed by atoms with E-state index >= 15 is 0 Å². The molecule has 1 rings (SSSR count). The van der Waals surface area contributed by atoms with E-state index in [0.29, 0.717) is 6.61 Å². The number of methoxy groups -OCH3 is 1. The highest BCUT2D eigenvalue weighted by Crippen LogP contribution is 2.19. The molecule has 1 aromatic rings. The van der Waals surface area contributed by atoms with Gasteiger partial charge in [0.05, 0.1) is 13.7 Å². The Balaban J connectivity index is 2.80. The summed E-state index contributed by atoms with van der Waals surface area (Å²) in [7, 11) is 1.40. The van der Waals surface area contributed by atoms with E-state index in [1.807, 2.05) is 31.2 Å². The van der Waals surface area contributed by atoms with Gasteiger partial charge in [-0.05, 0) is 37.6 Å². The van der Waals surface area contributed by atoms with Gasteiger partial charge in [0.1, 0.15) is 11.8 Å². The quantitative estimate of drug-likeness (QED) is 0.755. The van der Waals surface area contributed by atoms with Crippen molar-refractivity contribution in [1.82, 2.24) is 5.32 Å². The standard InChI is InChI=1S/C14H21NO3/c1-4-10-15-13(14(16)17-3)11-6-8-12(9-7-11)18-5-2/h6-9,13,15H,4-5,10H2,1-3H3. The van der Waals surface area contributed by atoms with Crippen LogP contribution >= 0.6 is 0 Å². The van der Waals surface area contributed by atoms with Crippen molar-refractivity contribution in [3.8, 4) is 5.75 Å². The maximum atomic E-state index is 11.7. The van der Waals surface area contributed by atoms with Crippen molar-refractivity contribution in [1.29, 1.82) is 0 Å². The molecule has 0 aliphatic carbocycles. The molecule has 0 aliphatic heterocycles. The maximum absolute atomic E-state index is 11.7. The molecule has 0 heterocycles. The molecule has 4 heteroatoms. The summed E-state index contributed by atoms with van der Waals surface area (Å²) in [4.78, 5) is 11.7. The van der Waals surface area contributed by atoms with Crippen molar-refractivity contribution < 1.29 is 14.3 Å². The summed E-state index contributed by atoms with van der Waals surface area (Å²) in [5, 5.41) is 3.17. The second-order valence-electron chi connectivity index (χ2n) is 3.91. The lowest BCUT2D eigenvalue weighted by molar-refractivity contribution is -0.143. The fraction of sp³-hybridized carbons (Fsp3) is 0.500. The predicted molar refractivity (Wildman–Crippen MR) is 70.7 cm³/mol. The third-order valence-electron chi connectivity index (χ3n) is 2.56. The van der Waals surface area contributed by atoms with Gasteiger partial charge in [-0.2, -0.15) is 0 Å². The number of benzene rings is 1. The van der Waals surface area contributed by atoms with Gasteiger partial charge >= 0.3 is 5.97 Å². The molecule has 1 N–H and O–H groups in total. The molecule has 0 saturated carbocycles. The smallest absolute Gasteiger partial charge is 0.327 e. The zero-order valence-corrected chi connectivity index (χ0v) is 11.2. The highest BCUT2D eigenvalue weighted by molar-refractivity contribution is 5.77. The molecule has 1 aromatic carbocycles. The number of esters is 1. The number of rotatable bonds is 7. The number of hydrogen-bond donors (Lipinski definition) is 1. The van der Waals surface area contributed by atoms with E-state index in [1.54, 1.807) is 0 Å². The molecule has 100 valence electrons. The first kappa shape index (κ1) is 14.5. The fourth-order valence-corrected chi connectivity index (χ4v) is 1.67. The van der Waals surface area contributed by atoms with Crippen LogP contribution in [0.3, 0.4) is 0 Å². The first-order valence-corrected chi connectivity index (χ1v) is 6.26. The first-order valence-electron chi connectivity index (χ1n) is 6.26. The first-order chi connectivity index (χ1) is 8.72. The van der Waals surface area contributed by atoms with Crippen LogP contribution in [0.2, 0.25) is 0 Å². The summed E-state index contributed by atoms with van der Waals surface area (Å²) < 4.78 is 10.2. The molecule has 0 saturated heterocycles. The van der Waals surface area contributed by atoms with Crippen LogP contribution < -0.4 is 10.1 Å². The lowest BCUT2D eigenvalue weighted by atomic mass is 10.1. The SMILES string of the molecule is CCCNC(C(=O)OC)c1ccc(OCC)cc1. The predicted octanol–water partition coefficient (Wildman–Crippen LogP) is 2.30. The number of ether oxygens (including phenoxy) is 2. The fourth-order valence-electron chi connectivity index (χ4n) is 1.67. The molecule has 0 aromatic heterocycles. The van der Waals surface area contributed by atoms with E-state index in [1.165, 1.54) is 7.11 Å². The second-order valence-corrected chi connectivity index (χ2v) is 3.91. The second kappa shape index (κ2) is 7.71. The summed E-state index contributed by atoms with van der Waals surface area (Å²) in [6.07, 6.45) is 0.963. The van der Waals surface area contributed by atoms with Crippen molar-refractivity contribution in [2.45, 2.75) is 26.3 Å². The third-order valence-corrected chi connectivity index (χ3v) is 2.56. The number of carbonyl (C=O) groups excluding carboxylic acids is 1. The molecule has 0 fully saturated rings. The molecule has 18 heavy (non-hydrogen) atoms. The molecule has 1 atom stereocenters. The average Bonchev–Trinajstić information content (AvgIpc) is 2.41. The van der Waals surface area contributed by atoms with Crippen molar-refractivity contribution in [2.24, 2.45) is 0 Å². The van der Waals surface area contributed by atoms with Crippen molar-refractivity contribution >= 4 is 5.97 Å². The van der Waals surface area contributed by atoms with E-state index in [2.05, 4.69) is 12.2 Å². The van der Waals surface area contributed by atoms with Gasteiger partial charge in [0.2, 0.25) is 0 Å². The van der Waals surface area contributed by atoms with Gasteiger partial charge in [0.15, 0.2) is 0 Å². The molecular formula is C14H21NO3. The minimum atomic E-state index is -0.411. The number of nitrogens with one attached hydrogen (secondary N) is 1. The molecule has 0 bridgehead atoms. The number of hydrogen-bond acceptors (Lipinski definition) is 4. The van der Waals surface area contributed by atoms with Crippen LogP contribution in [-0.4, -0.2) is 26.2 Å². The van der Waals surface area contributed by atoms with Crippen molar-refractivity contribution in [3.05, 3.63) is 29.8 Å². The van der Waals surface area contributed by atoms with Gasteiger partial charge in [0, 0.05) is 0 Å². The minimum absolute atomic E-state index is 0.271. The van der Waals surface area contributed by atoms with E-state index in [4.69, 9.17) is 9.47 Å². The highest BCUT2D eigenvalue weighted by Gasteiger charge is 2.20. The topological polar surface area (TPSA) is 47.6 Å². The summed E-state index contributed by atoms with van der Waals surface area (Å²) in [6, 6.07) is 7.08. The Morgan fingerprint density at radius 2 is 1.94 bits per heavy atom. The van der Waals surface area contributed by atoms with Crippen LogP contribution in [0.1, 0.15) is 31.9 Å². The molecular weight excluding hydrogens is 230 g/mol. The normalized spacial score (nSPS) is 11.9. The van der Waals surface area contributed by atoms with Crippen LogP contribution in [0.4, 0.5) is 0 Å². The Hall–Kier alpha value is -1.55. The molecule has 0 spiro atoms. The average molecular weight is 251 g/mol. The third kappa shape index (κ3) is 4.04. The largest absolute Gasteiger partial charge is 0.494 e. The lowest BCUT2D eigenvalue weighted by Gasteiger charge is -2.16. The Labute approximate surface area is 108 Å². The molecule has 0 amide bonds. The van der Waals surface area contributed by atoms with E-state index in [-0.39, 0.29) is 5.97 Å². The highest BCUT2D eigenvalue weighted by atomic mass is 16.5. The van der Waals surface area contributed by atoms with Crippen LogP contribution in [0.15, 0.2) is 24.3 Å². The van der Waals surface area contributed by atoms with Crippen LogP contribution in [-0.2, 0) is 9.53 Å². The van der Waals surface area contributed by atoms with Crippen LogP contribution in [0.25, 0.3) is 0 Å². The summed E-state index contributed by atoms with van der Waals surface area (Å²) in [6.45, 7) is 5.40. The summed E-state index contributed by atoms with van der Waals surface area (Å²) in [5.41, 5.74) is 0.888. The van der Waals surface area contributed by atoms with Gasteiger partial charge in [-0.1, -0.05) is 19.1 Å². The summed E-state index contributed by atoms with van der Waals surface area (Å²) >= 11 is 0. The van der Waals surface area contributed by atoms with Crippen LogP contribution in [0, 0.1) is 0 Å². The Morgan fingerprint density at radius 3 is 2.44 bits per heavy atom. The molecule has 4 nitrogen and oxygen atoms in total. The maximum Gasteiger partial charge on any atom is 0.327 e. The van der Waals surface area contributed by atoms with Crippen LogP contribution in [0.5, 0.6) is 5.75 Å². The monoisotopic (exact) mass is 251 g/mol. The van der Waals surface area contributed by atoms with E-state index < -0.39 is 6.04 Å². The van der Waals surface area contributed by atoms with Gasteiger partial charge in [-0.3, -0.25) is 0 Å². The van der Waals surface area contributed by atoms with Crippen molar-refractivity contribution in [3.63, 3.8) is 0 Å². The van der Waals surface area contributed by atoms with Gasteiger partial charge in [-0.15, -0.1) is 0 Å². The zero-order valence-electron chi connectivity index (χ0n) is 11.2. The molecule has 0 radical (unpaired) electrons. The molecule has 1 unspecified atom stereocenters. The molecule has 0 aliphatic rings. The summed E-state index contributed by atoms with van der Waals surface area (Å²) in [5.74, 6) is 0.535. The van der Waals surface area contributed by atoms with E-state index in [9.17, 15) is 4.79 Å². The Morgan fingerprint density at radius 1 is 1.28 bits per heavy atom. The zero-order chi connectivity index (χ0) is 13.4. The lowest BCUT2D eigenvalue weighted by Crippen LogP contribution is -2.30. The minimum Gasteiger partial charge on any atom is -0.494 e. The Bertz CT molecular complexity index is 362. The van der Waals surface area contributed by atoms with Gasteiger partial charge < -0.3 is 14.8 Å². The Kier molecular flexibility index (Phi) is 6.22. The number of carbonyl (C=O) groups is 1. The van der Waals surface area contributed by atoms with Gasteiger partial charge in [-0.25, -0.2) is 4.79 Å². The van der Waals surface area contributed by atoms with Crippen molar-refractivity contribution in [2.75, 3.05) is 20.3 Å².